The number of hydrogen-bond acceptors (Lipinski definition) is 1. The Morgan fingerprint density at radius 1 is 1.44 bits per heavy atom. The molecule has 0 bridgehead atoms. The van der Waals surface area contributed by atoms with Crippen LogP contribution < -0.4 is 5.32 Å². The van der Waals surface area contributed by atoms with Crippen molar-refractivity contribution in [1.29, 1.82) is 0 Å². The van der Waals surface area contributed by atoms with E-state index in [1.54, 1.807) is 12.1 Å². The van der Waals surface area contributed by atoms with Gasteiger partial charge in [-0.25, -0.2) is 4.39 Å². The Morgan fingerprint density at radius 3 is 2.78 bits per heavy atom. The lowest BCUT2D eigenvalue weighted by Gasteiger charge is -2.07. The molecule has 1 nitrogen and oxygen atoms in total. The molecule has 1 N–H and O–H groups in total. The number of benzene rings is 1. The van der Waals surface area contributed by atoms with Crippen molar-refractivity contribution in [3.8, 4) is 0 Å². The second-order valence-electron chi connectivity index (χ2n) is 4.90. The van der Waals surface area contributed by atoms with Crippen molar-refractivity contribution in [2.75, 3.05) is 13.1 Å². The van der Waals surface area contributed by atoms with Crippen molar-refractivity contribution < 1.29 is 4.39 Å². The summed E-state index contributed by atoms with van der Waals surface area (Å²) in [6, 6.07) is 4.80. The van der Waals surface area contributed by atoms with Crippen molar-refractivity contribution in [3.63, 3.8) is 0 Å². The number of allylic oxidation sites excluding steroid dienone is 1. The monoisotopic (exact) mass is 269 g/mol. The van der Waals surface area contributed by atoms with Gasteiger partial charge in [0.15, 0.2) is 0 Å². The van der Waals surface area contributed by atoms with Crippen LogP contribution in [0.3, 0.4) is 0 Å². The minimum Gasteiger partial charge on any atom is -0.316 e. The number of nitrogens with one attached hydrogen (secondary N) is 1. The van der Waals surface area contributed by atoms with Gasteiger partial charge >= 0.3 is 0 Å². The molecule has 1 rings (SSSR count). The maximum Gasteiger partial charge on any atom is 0.132 e. The van der Waals surface area contributed by atoms with Crippen molar-refractivity contribution in [1.82, 2.24) is 5.32 Å². The first-order valence-corrected chi connectivity index (χ1v) is 6.71. The van der Waals surface area contributed by atoms with E-state index in [0.29, 0.717) is 16.5 Å². The molecule has 0 aliphatic heterocycles. The highest BCUT2D eigenvalue weighted by atomic mass is 35.5. The van der Waals surface area contributed by atoms with Gasteiger partial charge in [0.2, 0.25) is 0 Å². The van der Waals surface area contributed by atoms with Crippen LogP contribution in [0.25, 0.3) is 5.57 Å². The Kier molecular flexibility index (Phi) is 6.37. The highest BCUT2D eigenvalue weighted by molar-refractivity contribution is 6.30. The van der Waals surface area contributed by atoms with E-state index < -0.39 is 0 Å². The molecule has 0 aliphatic carbocycles. The number of halogens is 2. The minimum atomic E-state index is -0.258. The molecule has 0 spiro atoms. The van der Waals surface area contributed by atoms with Gasteiger partial charge in [-0.05, 0) is 50.1 Å². The van der Waals surface area contributed by atoms with Crippen LogP contribution in [-0.4, -0.2) is 13.1 Å². The fourth-order valence-electron chi connectivity index (χ4n) is 1.70. The first-order valence-electron chi connectivity index (χ1n) is 6.33. The lowest BCUT2D eigenvalue weighted by atomic mass is 10.1. The van der Waals surface area contributed by atoms with Crippen LogP contribution >= 0.6 is 11.6 Å². The van der Waals surface area contributed by atoms with Gasteiger partial charge in [0.25, 0.3) is 0 Å². The highest BCUT2D eigenvalue weighted by Crippen LogP contribution is 2.21. The van der Waals surface area contributed by atoms with Crippen LogP contribution in [0.2, 0.25) is 5.02 Å². The summed E-state index contributed by atoms with van der Waals surface area (Å²) in [5.41, 5.74) is 1.58. The molecule has 1 aromatic rings. The molecular formula is C15H21ClFN. The Morgan fingerprint density at radius 2 is 2.17 bits per heavy atom. The largest absolute Gasteiger partial charge is 0.316 e. The molecule has 18 heavy (non-hydrogen) atoms. The van der Waals surface area contributed by atoms with Crippen molar-refractivity contribution in [2.45, 2.75) is 27.2 Å². The van der Waals surface area contributed by atoms with Gasteiger partial charge in [0.1, 0.15) is 5.82 Å². The molecule has 1 aromatic carbocycles. The van der Waals surface area contributed by atoms with Gasteiger partial charge in [-0.2, -0.15) is 0 Å². The molecule has 0 atom stereocenters. The minimum absolute atomic E-state index is 0.258. The van der Waals surface area contributed by atoms with Crippen molar-refractivity contribution in [3.05, 3.63) is 40.7 Å². The van der Waals surface area contributed by atoms with Gasteiger partial charge in [-0.15, -0.1) is 0 Å². The Balaban J connectivity index is 2.50. The standard InChI is InChI=1S/C15H21ClFN/c1-11(2)10-18-8-4-5-12(3)14-7-6-13(16)9-15(14)17/h5-7,9,11,18H,4,8,10H2,1-3H3. The lowest BCUT2D eigenvalue weighted by molar-refractivity contribution is 0.557. The topological polar surface area (TPSA) is 12.0 Å². The summed E-state index contributed by atoms with van der Waals surface area (Å²) in [6.07, 6.45) is 2.96. The summed E-state index contributed by atoms with van der Waals surface area (Å²) in [4.78, 5) is 0. The molecule has 0 fully saturated rings. The van der Waals surface area contributed by atoms with E-state index in [4.69, 9.17) is 11.6 Å². The Hall–Kier alpha value is -0.860. The summed E-state index contributed by atoms with van der Waals surface area (Å²) in [7, 11) is 0. The lowest BCUT2D eigenvalue weighted by Crippen LogP contribution is -2.20. The predicted molar refractivity (Wildman–Crippen MR) is 77.4 cm³/mol. The van der Waals surface area contributed by atoms with E-state index in [0.717, 1.165) is 25.1 Å². The maximum absolute atomic E-state index is 13.6. The van der Waals surface area contributed by atoms with Crippen molar-refractivity contribution in [2.24, 2.45) is 5.92 Å². The van der Waals surface area contributed by atoms with Crippen LogP contribution in [0.15, 0.2) is 24.3 Å². The molecule has 0 aliphatic rings. The summed E-state index contributed by atoms with van der Waals surface area (Å²) < 4.78 is 13.6. The second-order valence-corrected chi connectivity index (χ2v) is 5.33. The van der Waals surface area contributed by atoms with Gasteiger partial charge < -0.3 is 5.32 Å². The number of hydrogen-bond donors (Lipinski definition) is 1. The number of rotatable bonds is 6. The molecule has 0 saturated carbocycles. The third-order valence-electron chi connectivity index (χ3n) is 2.68. The molecule has 0 unspecified atom stereocenters. The molecule has 0 aromatic heterocycles. The van der Waals surface area contributed by atoms with Crippen LogP contribution in [0.5, 0.6) is 0 Å². The normalized spacial score (nSPS) is 12.2. The van der Waals surface area contributed by atoms with E-state index in [2.05, 4.69) is 25.2 Å². The molecule has 100 valence electrons. The molecule has 0 radical (unpaired) electrons. The zero-order valence-electron chi connectivity index (χ0n) is 11.3. The molecule has 0 heterocycles. The Labute approximate surface area is 114 Å². The third kappa shape index (κ3) is 5.19. The van der Waals surface area contributed by atoms with Crippen LogP contribution in [0, 0.1) is 11.7 Å². The van der Waals surface area contributed by atoms with Crippen molar-refractivity contribution >= 4 is 17.2 Å². The molecule has 3 heteroatoms. The summed E-state index contributed by atoms with van der Waals surface area (Å²) in [6.45, 7) is 8.22. The van der Waals surface area contributed by atoms with Crippen LogP contribution in [0.1, 0.15) is 32.8 Å². The third-order valence-corrected chi connectivity index (χ3v) is 2.92. The van der Waals surface area contributed by atoms with E-state index in [-0.39, 0.29) is 5.82 Å². The first kappa shape index (κ1) is 15.2. The summed E-state index contributed by atoms with van der Waals surface area (Å²) in [5.74, 6) is 0.398. The fraction of sp³-hybridized carbons (Fsp3) is 0.467. The smallest absolute Gasteiger partial charge is 0.132 e. The SMILES string of the molecule is CC(=CCCNCC(C)C)c1ccc(Cl)cc1F. The zero-order valence-corrected chi connectivity index (χ0v) is 12.0. The second kappa shape index (κ2) is 7.55. The quantitative estimate of drug-likeness (QED) is 0.749. The molecule has 0 saturated heterocycles. The molecule has 0 amide bonds. The summed E-state index contributed by atoms with van der Waals surface area (Å²) >= 11 is 5.73. The van der Waals surface area contributed by atoms with Gasteiger partial charge in [-0.1, -0.05) is 37.6 Å². The van der Waals surface area contributed by atoms with E-state index in [9.17, 15) is 4.39 Å². The predicted octanol–water partition coefficient (Wildman–Crippen LogP) is 4.52. The van der Waals surface area contributed by atoms with Gasteiger partial charge in [-0.3, -0.25) is 0 Å². The zero-order chi connectivity index (χ0) is 13.5. The fourth-order valence-corrected chi connectivity index (χ4v) is 1.86. The first-order chi connectivity index (χ1) is 8.50. The average Bonchev–Trinajstić information content (AvgIpc) is 2.27. The van der Waals surface area contributed by atoms with Gasteiger partial charge in [0, 0.05) is 10.6 Å². The van der Waals surface area contributed by atoms with E-state index >= 15 is 0 Å². The molecular weight excluding hydrogens is 249 g/mol. The average molecular weight is 270 g/mol. The van der Waals surface area contributed by atoms with Gasteiger partial charge in [0.05, 0.1) is 0 Å². The van der Waals surface area contributed by atoms with Crippen LogP contribution in [-0.2, 0) is 0 Å². The van der Waals surface area contributed by atoms with E-state index in [1.165, 1.54) is 6.07 Å². The van der Waals surface area contributed by atoms with Crippen LogP contribution in [0.4, 0.5) is 4.39 Å². The highest BCUT2D eigenvalue weighted by Gasteiger charge is 2.04. The van der Waals surface area contributed by atoms with E-state index in [1.807, 2.05) is 6.92 Å². The maximum atomic E-state index is 13.6. The Bertz CT molecular complexity index is 413. The summed E-state index contributed by atoms with van der Waals surface area (Å²) in [5, 5.41) is 3.79.